The first kappa shape index (κ1) is 26.1. The SMILES string of the molecule is CCOc1cc(/C=N/Nc2nc(-c3ccccc3)c(C)s2)ccc1OC(=O)c1ccc(C(C)(C)C)cc1. The normalized spacial score (nSPS) is 11.5. The van der Waals surface area contributed by atoms with E-state index in [0.29, 0.717) is 28.8 Å². The molecule has 0 aliphatic carbocycles. The molecule has 0 unspecified atom stereocenters. The molecule has 190 valence electrons. The zero-order valence-corrected chi connectivity index (χ0v) is 22.6. The fourth-order valence-corrected chi connectivity index (χ4v) is 4.48. The van der Waals surface area contributed by atoms with Crippen LogP contribution in [0.4, 0.5) is 5.13 Å². The lowest BCUT2D eigenvalue weighted by Gasteiger charge is -2.19. The Morgan fingerprint density at radius 1 is 1.03 bits per heavy atom. The van der Waals surface area contributed by atoms with Gasteiger partial charge in [0.2, 0.25) is 5.13 Å². The zero-order valence-electron chi connectivity index (χ0n) is 21.7. The van der Waals surface area contributed by atoms with Crippen molar-refractivity contribution in [2.45, 2.75) is 40.0 Å². The summed E-state index contributed by atoms with van der Waals surface area (Å²) in [4.78, 5) is 18.5. The van der Waals surface area contributed by atoms with E-state index in [1.165, 1.54) is 0 Å². The molecular formula is C30H31N3O3S. The minimum absolute atomic E-state index is 0.0133. The molecule has 0 amide bonds. The summed E-state index contributed by atoms with van der Waals surface area (Å²) in [6, 6.07) is 22.9. The number of rotatable bonds is 8. The number of ether oxygens (including phenoxy) is 2. The molecule has 6 nitrogen and oxygen atoms in total. The molecule has 0 radical (unpaired) electrons. The lowest BCUT2D eigenvalue weighted by Crippen LogP contribution is -2.13. The van der Waals surface area contributed by atoms with Gasteiger partial charge < -0.3 is 9.47 Å². The van der Waals surface area contributed by atoms with E-state index in [2.05, 4.69) is 36.3 Å². The Morgan fingerprint density at radius 2 is 1.76 bits per heavy atom. The highest BCUT2D eigenvalue weighted by molar-refractivity contribution is 7.16. The molecule has 4 rings (SSSR count). The molecule has 37 heavy (non-hydrogen) atoms. The fraction of sp³-hybridized carbons (Fsp3) is 0.233. The van der Waals surface area contributed by atoms with Crippen LogP contribution in [0.3, 0.4) is 0 Å². The molecular weight excluding hydrogens is 482 g/mol. The van der Waals surface area contributed by atoms with Crippen molar-refractivity contribution < 1.29 is 14.3 Å². The van der Waals surface area contributed by atoms with Crippen LogP contribution in [-0.4, -0.2) is 23.8 Å². The van der Waals surface area contributed by atoms with Crippen molar-refractivity contribution in [3.8, 4) is 22.8 Å². The Balaban J connectivity index is 1.45. The maximum atomic E-state index is 12.8. The molecule has 0 bridgehead atoms. The second-order valence-electron chi connectivity index (χ2n) is 9.52. The van der Waals surface area contributed by atoms with Crippen molar-refractivity contribution >= 4 is 28.7 Å². The standard InChI is InChI=1S/C30H31N3O3S/c1-6-35-26-18-21(19-31-33-29-32-27(20(2)37-29)22-10-8-7-9-11-22)12-17-25(26)36-28(34)23-13-15-24(16-14-23)30(3,4)5/h7-19H,6H2,1-5H3,(H,32,33)/b31-19+. The minimum atomic E-state index is -0.433. The van der Waals surface area contributed by atoms with Crippen LogP contribution in [0.2, 0.25) is 0 Å². The number of aryl methyl sites for hydroxylation is 1. The summed E-state index contributed by atoms with van der Waals surface area (Å²) in [7, 11) is 0. The van der Waals surface area contributed by atoms with E-state index in [9.17, 15) is 4.79 Å². The molecule has 0 spiro atoms. The van der Waals surface area contributed by atoms with E-state index in [-0.39, 0.29) is 5.41 Å². The summed E-state index contributed by atoms with van der Waals surface area (Å²) in [6.07, 6.45) is 1.68. The molecule has 0 saturated heterocycles. The van der Waals surface area contributed by atoms with Gasteiger partial charge in [-0.25, -0.2) is 9.78 Å². The van der Waals surface area contributed by atoms with Gasteiger partial charge in [0.05, 0.1) is 24.1 Å². The first-order valence-corrected chi connectivity index (χ1v) is 13.0. The van der Waals surface area contributed by atoms with E-state index < -0.39 is 5.97 Å². The van der Waals surface area contributed by atoms with E-state index in [0.717, 1.165) is 27.3 Å². The average molecular weight is 514 g/mol. The van der Waals surface area contributed by atoms with Gasteiger partial charge in [-0.05, 0) is 60.7 Å². The summed E-state index contributed by atoms with van der Waals surface area (Å²) in [5, 5.41) is 5.05. The first-order chi connectivity index (χ1) is 17.7. The molecule has 1 heterocycles. The third kappa shape index (κ3) is 6.62. The van der Waals surface area contributed by atoms with E-state index in [4.69, 9.17) is 9.47 Å². The monoisotopic (exact) mass is 513 g/mol. The number of carbonyl (C=O) groups is 1. The van der Waals surface area contributed by atoms with Gasteiger partial charge in [-0.15, -0.1) is 11.3 Å². The van der Waals surface area contributed by atoms with Gasteiger partial charge in [0.25, 0.3) is 0 Å². The van der Waals surface area contributed by atoms with Crippen LogP contribution in [0, 0.1) is 6.92 Å². The number of hydrazone groups is 1. The number of hydrogen-bond donors (Lipinski definition) is 1. The number of hydrogen-bond acceptors (Lipinski definition) is 7. The molecule has 7 heteroatoms. The number of anilines is 1. The van der Waals surface area contributed by atoms with Gasteiger partial charge in [0.15, 0.2) is 11.5 Å². The summed E-state index contributed by atoms with van der Waals surface area (Å²) in [5.74, 6) is 0.403. The molecule has 1 N–H and O–H groups in total. The summed E-state index contributed by atoms with van der Waals surface area (Å²) in [5.41, 5.74) is 7.47. The summed E-state index contributed by atoms with van der Waals surface area (Å²) in [6.45, 7) is 10.8. The van der Waals surface area contributed by atoms with E-state index >= 15 is 0 Å². The van der Waals surface area contributed by atoms with Crippen molar-refractivity contribution in [3.63, 3.8) is 0 Å². The maximum Gasteiger partial charge on any atom is 0.343 e. The average Bonchev–Trinajstić information content (AvgIpc) is 3.26. The van der Waals surface area contributed by atoms with Crippen LogP contribution in [0.1, 0.15) is 54.1 Å². The molecule has 3 aromatic carbocycles. The summed E-state index contributed by atoms with van der Waals surface area (Å²) < 4.78 is 11.4. The Morgan fingerprint density at radius 3 is 2.43 bits per heavy atom. The van der Waals surface area contributed by atoms with Gasteiger partial charge >= 0.3 is 5.97 Å². The van der Waals surface area contributed by atoms with Gasteiger partial charge in [-0.1, -0.05) is 63.2 Å². The third-order valence-electron chi connectivity index (χ3n) is 5.67. The lowest BCUT2D eigenvalue weighted by molar-refractivity contribution is 0.0728. The number of carbonyl (C=O) groups excluding carboxylic acids is 1. The predicted octanol–water partition coefficient (Wildman–Crippen LogP) is 7.48. The first-order valence-electron chi connectivity index (χ1n) is 12.2. The predicted molar refractivity (Wildman–Crippen MR) is 151 cm³/mol. The van der Waals surface area contributed by atoms with E-state index in [1.54, 1.807) is 41.8 Å². The number of esters is 1. The third-order valence-corrected chi connectivity index (χ3v) is 6.55. The molecule has 0 fully saturated rings. The number of nitrogens with zero attached hydrogens (tertiary/aromatic N) is 2. The van der Waals surface area contributed by atoms with Crippen molar-refractivity contribution in [2.24, 2.45) is 5.10 Å². The van der Waals surface area contributed by atoms with Crippen LogP contribution < -0.4 is 14.9 Å². The van der Waals surface area contributed by atoms with Crippen molar-refractivity contribution in [2.75, 3.05) is 12.0 Å². The number of nitrogens with one attached hydrogen (secondary N) is 1. The second-order valence-corrected chi connectivity index (χ2v) is 10.7. The summed E-state index contributed by atoms with van der Waals surface area (Å²) >= 11 is 1.55. The van der Waals surface area contributed by atoms with Gasteiger partial charge in [0, 0.05) is 10.4 Å². The Bertz CT molecular complexity index is 1390. The van der Waals surface area contributed by atoms with Gasteiger partial charge in [-0.3, -0.25) is 5.43 Å². The largest absolute Gasteiger partial charge is 0.490 e. The van der Waals surface area contributed by atoms with E-state index in [1.807, 2.05) is 62.4 Å². The van der Waals surface area contributed by atoms with Gasteiger partial charge in [0.1, 0.15) is 0 Å². The molecule has 0 atom stereocenters. The van der Waals surface area contributed by atoms with Crippen LogP contribution in [0.25, 0.3) is 11.3 Å². The quantitative estimate of drug-likeness (QED) is 0.114. The number of thiazole rings is 1. The number of aromatic nitrogens is 1. The molecule has 0 saturated carbocycles. The Kier molecular flexibility index (Phi) is 8.04. The highest BCUT2D eigenvalue weighted by Crippen LogP contribution is 2.31. The zero-order chi connectivity index (χ0) is 26.4. The number of benzene rings is 3. The smallest absolute Gasteiger partial charge is 0.343 e. The second kappa shape index (κ2) is 11.4. The molecule has 0 aliphatic heterocycles. The molecule has 1 aromatic heterocycles. The highest BCUT2D eigenvalue weighted by atomic mass is 32.1. The van der Waals surface area contributed by atoms with Crippen LogP contribution in [0.15, 0.2) is 77.9 Å². The topological polar surface area (TPSA) is 72.8 Å². The Hall–Kier alpha value is -3.97. The maximum absolute atomic E-state index is 12.8. The van der Waals surface area contributed by atoms with Gasteiger partial charge in [-0.2, -0.15) is 5.10 Å². The Labute approximate surface area is 222 Å². The van der Waals surface area contributed by atoms with Crippen molar-refractivity contribution in [3.05, 3.63) is 94.4 Å². The van der Waals surface area contributed by atoms with Crippen LogP contribution in [-0.2, 0) is 5.41 Å². The molecule has 0 aliphatic rings. The fourth-order valence-electron chi connectivity index (χ4n) is 3.69. The van der Waals surface area contributed by atoms with Crippen LogP contribution in [0.5, 0.6) is 11.5 Å². The lowest BCUT2D eigenvalue weighted by atomic mass is 9.87. The highest BCUT2D eigenvalue weighted by Gasteiger charge is 2.17. The molecule has 4 aromatic rings. The van der Waals surface area contributed by atoms with Crippen molar-refractivity contribution in [1.82, 2.24) is 4.98 Å². The minimum Gasteiger partial charge on any atom is -0.490 e. The van der Waals surface area contributed by atoms with Crippen LogP contribution >= 0.6 is 11.3 Å². The van der Waals surface area contributed by atoms with Crippen molar-refractivity contribution in [1.29, 1.82) is 0 Å².